The van der Waals surface area contributed by atoms with Crippen LogP contribution >= 0.6 is 11.8 Å². The van der Waals surface area contributed by atoms with Crippen molar-refractivity contribution in [2.75, 3.05) is 30.9 Å². The first kappa shape index (κ1) is 22.6. The van der Waals surface area contributed by atoms with Gasteiger partial charge in [-0.05, 0) is 56.2 Å². The van der Waals surface area contributed by atoms with Gasteiger partial charge >= 0.3 is 0 Å². The summed E-state index contributed by atoms with van der Waals surface area (Å²) in [6.07, 6.45) is 10.1. The van der Waals surface area contributed by atoms with Crippen LogP contribution < -0.4 is 15.0 Å². The lowest BCUT2D eigenvalue weighted by Gasteiger charge is -2.16. The highest BCUT2D eigenvalue weighted by atomic mass is 32.2. The molecule has 0 spiro atoms. The van der Waals surface area contributed by atoms with Crippen molar-refractivity contribution in [3.63, 3.8) is 0 Å². The van der Waals surface area contributed by atoms with Gasteiger partial charge in [0.15, 0.2) is 11.8 Å². The topological polar surface area (TPSA) is 89.3 Å². The number of hydrogen-bond donors (Lipinski definition) is 1. The molecule has 0 unspecified atom stereocenters. The van der Waals surface area contributed by atoms with Gasteiger partial charge < -0.3 is 19.5 Å². The van der Waals surface area contributed by atoms with Crippen LogP contribution in [0.15, 0.2) is 29.4 Å². The molecule has 0 radical (unpaired) electrons. The summed E-state index contributed by atoms with van der Waals surface area (Å²) in [6, 6.07) is 7.83. The SMILES string of the molecule is CSc1nnc(CCCNC(=O)COc2ccc(N3CCCC3=O)cc2)n1C1CCCC1. The highest BCUT2D eigenvalue weighted by Crippen LogP contribution is 2.33. The fourth-order valence-electron chi connectivity index (χ4n) is 4.46. The van der Waals surface area contributed by atoms with Crippen molar-refractivity contribution in [2.45, 2.75) is 62.6 Å². The molecule has 2 amide bonds. The lowest BCUT2D eigenvalue weighted by atomic mass is 10.2. The number of rotatable bonds is 10. The standard InChI is InChI=1S/C23H31N5O3S/c1-32-23-26-25-20(28(23)18-6-2-3-7-18)8-4-14-24-21(29)16-31-19-12-10-17(11-13-19)27-15-5-9-22(27)30/h10-13,18H,2-9,14-16H2,1H3,(H,24,29). The van der Waals surface area contributed by atoms with Crippen LogP contribution in [0.25, 0.3) is 0 Å². The summed E-state index contributed by atoms with van der Waals surface area (Å²) < 4.78 is 7.89. The zero-order valence-electron chi connectivity index (χ0n) is 18.6. The number of nitrogens with zero attached hydrogens (tertiary/aromatic N) is 4. The third-order valence-corrected chi connectivity index (χ3v) is 6.74. The first-order chi connectivity index (χ1) is 15.7. The number of aryl methyl sites for hydroxylation is 1. The van der Waals surface area contributed by atoms with Crippen molar-refractivity contribution < 1.29 is 14.3 Å². The molecule has 2 heterocycles. The summed E-state index contributed by atoms with van der Waals surface area (Å²) in [7, 11) is 0. The van der Waals surface area contributed by atoms with Crippen LogP contribution in [0.1, 0.15) is 56.8 Å². The zero-order valence-corrected chi connectivity index (χ0v) is 19.4. The Labute approximate surface area is 193 Å². The molecule has 1 aliphatic carbocycles. The molecule has 8 nitrogen and oxygen atoms in total. The Hall–Kier alpha value is -2.55. The van der Waals surface area contributed by atoms with E-state index in [9.17, 15) is 9.59 Å². The normalized spacial score (nSPS) is 16.7. The largest absolute Gasteiger partial charge is 0.484 e. The van der Waals surface area contributed by atoms with Gasteiger partial charge in [0.1, 0.15) is 11.6 Å². The molecule has 1 N–H and O–H groups in total. The van der Waals surface area contributed by atoms with Gasteiger partial charge in [-0.3, -0.25) is 9.59 Å². The van der Waals surface area contributed by atoms with Crippen molar-refractivity contribution >= 4 is 29.3 Å². The molecule has 0 atom stereocenters. The van der Waals surface area contributed by atoms with E-state index < -0.39 is 0 Å². The predicted molar refractivity (Wildman–Crippen MR) is 124 cm³/mol. The lowest BCUT2D eigenvalue weighted by molar-refractivity contribution is -0.123. The molecule has 1 aromatic heterocycles. The highest BCUT2D eigenvalue weighted by Gasteiger charge is 2.23. The van der Waals surface area contributed by atoms with Crippen molar-refractivity contribution in [3.05, 3.63) is 30.1 Å². The molecule has 1 aromatic carbocycles. The first-order valence-corrected chi connectivity index (χ1v) is 12.7. The second kappa shape index (κ2) is 10.8. The van der Waals surface area contributed by atoms with E-state index in [1.807, 2.05) is 18.4 Å². The average molecular weight is 458 g/mol. The van der Waals surface area contributed by atoms with E-state index in [-0.39, 0.29) is 18.4 Å². The Balaban J connectivity index is 1.18. The van der Waals surface area contributed by atoms with E-state index in [2.05, 4.69) is 20.1 Å². The first-order valence-electron chi connectivity index (χ1n) is 11.4. The van der Waals surface area contributed by atoms with E-state index >= 15 is 0 Å². The average Bonchev–Trinajstić information content (AvgIpc) is 3.56. The molecule has 172 valence electrons. The number of anilines is 1. The van der Waals surface area contributed by atoms with E-state index in [1.54, 1.807) is 28.8 Å². The number of ether oxygens (including phenoxy) is 1. The lowest BCUT2D eigenvalue weighted by Crippen LogP contribution is -2.30. The molecule has 2 aliphatic rings. The maximum absolute atomic E-state index is 12.1. The molecular weight excluding hydrogens is 426 g/mol. The second-order valence-electron chi connectivity index (χ2n) is 8.30. The van der Waals surface area contributed by atoms with Crippen molar-refractivity contribution in [3.8, 4) is 5.75 Å². The molecule has 1 saturated carbocycles. The third kappa shape index (κ3) is 5.43. The van der Waals surface area contributed by atoms with Crippen LogP contribution in [-0.2, 0) is 16.0 Å². The Bertz CT molecular complexity index is 924. The Morgan fingerprint density at radius 2 is 1.97 bits per heavy atom. The molecule has 2 fully saturated rings. The highest BCUT2D eigenvalue weighted by molar-refractivity contribution is 7.98. The molecular formula is C23H31N5O3S. The minimum absolute atomic E-state index is 0.0309. The molecule has 0 bridgehead atoms. The zero-order chi connectivity index (χ0) is 22.3. The summed E-state index contributed by atoms with van der Waals surface area (Å²) in [5.74, 6) is 1.64. The summed E-state index contributed by atoms with van der Waals surface area (Å²) in [4.78, 5) is 25.8. The van der Waals surface area contributed by atoms with Crippen molar-refractivity contribution in [1.82, 2.24) is 20.1 Å². The molecule has 32 heavy (non-hydrogen) atoms. The maximum Gasteiger partial charge on any atom is 0.257 e. The minimum atomic E-state index is -0.147. The fraction of sp³-hybridized carbons (Fsp3) is 0.565. The van der Waals surface area contributed by atoms with Crippen LogP contribution in [0.3, 0.4) is 0 Å². The Kier molecular flexibility index (Phi) is 7.68. The monoisotopic (exact) mass is 457 g/mol. The van der Waals surface area contributed by atoms with E-state index in [4.69, 9.17) is 4.74 Å². The van der Waals surface area contributed by atoms with E-state index in [0.29, 0.717) is 24.8 Å². The molecule has 9 heteroatoms. The van der Waals surface area contributed by atoms with Crippen molar-refractivity contribution in [1.29, 1.82) is 0 Å². The van der Waals surface area contributed by atoms with Gasteiger partial charge in [-0.25, -0.2) is 0 Å². The predicted octanol–water partition coefficient (Wildman–Crippen LogP) is 3.37. The number of aromatic nitrogens is 3. The van der Waals surface area contributed by atoms with Gasteiger partial charge in [0.25, 0.3) is 5.91 Å². The third-order valence-electron chi connectivity index (χ3n) is 6.10. The van der Waals surface area contributed by atoms with Crippen LogP contribution in [-0.4, -0.2) is 52.5 Å². The van der Waals surface area contributed by atoms with Gasteiger partial charge in [-0.2, -0.15) is 0 Å². The smallest absolute Gasteiger partial charge is 0.257 e. The summed E-state index contributed by atoms with van der Waals surface area (Å²) in [5.41, 5.74) is 0.874. The van der Waals surface area contributed by atoms with E-state index in [0.717, 1.165) is 42.5 Å². The van der Waals surface area contributed by atoms with Crippen LogP contribution in [0.2, 0.25) is 0 Å². The summed E-state index contributed by atoms with van der Waals surface area (Å²) in [5, 5.41) is 12.6. The van der Waals surface area contributed by atoms with Gasteiger partial charge in [0.05, 0.1) is 0 Å². The van der Waals surface area contributed by atoms with Gasteiger partial charge in [0.2, 0.25) is 5.91 Å². The maximum atomic E-state index is 12.1. The number of carbonyl (C=O) groups excluding carboxylic acids is 2. The number of amides is 2. The number of hydrogen-bond acceptors (Lipinski definition) is 6. The number of carbonyl (C=O) groups is 2. The fourth-order valence-corrected chi connectivity index (χ4v) is 5.04. The summed E-state index contributed by atoms with van der Waals surface area (Å²) in [6.45, 7) is 1.30. The van der Waals surface area contributed by atoms with E-state index in [1.165, 1.54) is 25.7 Å². The Morgan fingerprint density at radius 1 is 1.19 bits per heavy atom. The van der Waals surface area contributed by atoms with Gasteiger partial charge in [-0.1, -0.05) is 24.6 Å². The molecule has 1 saturated heterocycles. The quantitative estimate of drug-likeness (QED) is 0.435. The van der Waals surface area contributed by atoms with Gasteiger partial charge in [-0.15, -0.1) is 10.2 Å². The second-order valence-corrected chi connectivity index (χ2v) is 9.07. The Morgan fingerprint density at radius 3 is 2.66 bits per heavy atom. The number of nitrogens with one attached hydrogen (secondary N) is 1. The molecule has 2 aromatic rings. The number of thioether (sulfide) groups is 1. The molecule has 4 rings (SSSR count). The summed E-state index contributed by atoms with van der Waals surface area (Å²) >= 11 is 1.64. The van der Waals surface area contributed by atoms with Crippen LogP contribution in [0, 0.1) is 0 Å². The molecule has 1 aliphatic heterocycles. The van der Waals surface area contributed by atoms with Crippen LogP contribution in [0.5, 0.6) is 5.75 Å². The number of benzene rings is 1. The van der Waals surface area contributed by atoms with Gasteiger partial charge in [0, 0.05) is 37.7 Å². The van der Waals surface area contributed by atoms with Crippen LogP contribution in [0.4, 0.5) is 5.69 Å². The minimum Gasteiger partial charge on any atom is -0.484 e. The van der Waals surface area contributed by atoms with Crippen molar-refractivity contribution in [2.24, 2.45) is 0 Å².